The van der Waals surface area contributed by atoms with E-state index < -0.39 is 0 Å². The predicted molar refractivity (Wildman–Crippen MR) is 314 cm³/mol. The molecule has 1 N–H and O–H groups in total. The Kier molecular flexibility index (Phi) is 26.9. The number of rotatable bonds is 22. The van der Waals surface area contributed by atoms with E-state index in [9.17, 15) is 5.11 Å². The van der Waals surface area contributed by atoms with Crippen molar-refractivity contribution in [1.29, 1.82) is 0 Å². The van der Waals surface area contributed by atoms with E-state index in [-0.39, 0.29) is 6.10 Å². The lowest BCUT2D eigenvalue weighted by Gasteiger charge is -2.58. The highest BCUT2D eigenvalue weighted by molar-refractivity contribution is 5.33. The molecule has 3 saturated carbocycles. The zero-order valence-electron chi connectivity index (χ0n) is 48.1. The Labute approximate surface area is 434 Å². The first kappa shape index (κ1) is 60.6. The second-order valence-electron chi connectivity index (χ2n) is 24.0. The third-order valence-electron chi connectivity index (χ3n) is 17.2. The highest BCUT2D eigenvalue weighted by atomic mass is 16.3. The maximum Gasteiger partial charge on any atom is 0.0577 e. The zero-order valence-corrected chi connectivity index (χ0v) is 48.1. The van der Waals surface area contributed by atoms with Crippen LogP contribution in [0.5, 0.6) is 0 Å². The Morgan fingerprint density at radius 2 is 1.09 bits per heavy atom. The summed E-state index contributed by atoms with van der Waals surface area (Å²) in [5, 5.41) is 10.2. The summed E-state index contributed by atoms with van der Waals surface area (Å²) in [6, 6.07) is 0. The number of aliphatic hydroxyl groups excluding tert-OH is 1. The van der Waals surface area contributed by atoms with Crippen molar-refractivity contribution >= 4 is 0 Å². The van der Waals surface area contributed by atoms with E-state index in [4.69, 9.17) is 0 Å². The van der Waals surface area contributed by atoms with Crippen molar-refractivity contribution in [1.82, 2.24) is 0 Å². The minimum Gasteiger partial charge on any atom is -0.393 e. The molecule has 0 aromatic heterocycles. The first-order valence-corrected chi connectivity index (χ1v) is 28.2. The zero-order chi connectivity index (χ0) is 51.9. The SMILES string of the molecule is CC(C)=CCC/C(C)=C/C=C/C(C)=C/C=C/C(C)=C/C=C/C=C(C)/C=C/C=C(C)/C=C/C=C(\C)CCC=C(C)C.CC[C@H](CC[C@@H](C)[C@H]1CC[C@H]2[C@@H]3CC=C4C[C@@H](O)CC[C@]4(C)[C@H]3CC[C@]12C)C(C)C. The second-order valence-corrected chi connectivity index (χ2v) is 24.0. The second kappa shape index (κ2) is 31.0. The van der Waals surface area contributed by atoms with Crippen molar-refractivity contribution in [2.45, 2.75) is 213 Å². The number of hydrogen-bond acceptors (Lipinski definition) is 1. The van der Waals surface area contributed by atoms with Crippen molar-refractivity contribution < 1.29 is 5.11 Å². The van der Waals surface area contributed by atoms with Gasteiger partial charge in [-0.05, 0) is 205 Å². The van der Waals surface area contributed by atoms with Crippen LogP contribution in [-0.4, -0.2) is 11.2 Å². The lowest BCUT2D eigenvalue weighted by atomic mass is 9.47. The van der Waals surface area contributed by atoms with Gasteiger partial charge in [0.05, 0.1) is 6.10 Å². The molecule has 0 heterocycles. The Balaban J connectivity index is 0.000000382. The number of allylic oxidation sites excluding steroid dienone is 27. The van der Waals surface area contributed by atoms with Crippen LogP contribution >= 0.6 is 0 Å². The van der Waals surface area contributed by atoms with Crippen molar-refractivity contribution in [3.05, 3.63) is 166 Å². The summed E-state index contributed by atoms with van der Waals surface area (Å²) in [5.41, 5.74) is 13.1. The van der Waals surface area contributed by atoms with Crippen LogP contribution in [0.15, 0.2) is 166 Å². The molecule has 3 fully saturated rings. The Bertz CT molecular complexity index is 1970. The van der Waals surface area contributed by atoms with Gasteiger partial charge in [0.25, 0.3) is 0 Å². The topological polar surface area (TPSA) is 20.2 Å². The van der Waals surface area contributed by atoms with Gasteiger partial charge in [-0.3, -0.25) is 0 Å². The fourth-order valence-electron chi connectivity index (χ4n) is 12.7. The lowest BCUT2D eigenvalue weighted by Crippen LogP contribution is -2.50. The van der Waals surface area contributed by atoms with Crippen LogP contribution in [0.3, 0.4) is 0 Å². The van der Waals surface area contributed by atoms with Crippen LogP contribution in [0.4, 0.5) is 0 Å². The summed E-state index contributed by atoms with van der Waals surface area (Å²) in [6.07, 6.45) is 60.4. The van der Waals surface area contributed by atoms with Crippen molar-refractivity contribution in [3.63, 3.8) is 0 Å². The van der Waals surface area contributed by atoms with Gasteiger partial charge in [0.15, 0.2) is 0 Å². The maximum absolute atomic E-state index is 10.2. The summed E-state index contributed by atoms with van der Waals surface area (Å²) in [4.78, 5) is 0. The van der Waals surface area contributed by atoms with Crippen molar-refractivity contribution in [2.24, 2.45) is 52.3 Å². The summed E-state index contributed by atoms with van der Waals surface area (Å²) < 4.78 is 0. The van der Waals surface area contributed by atoms with Gasteiger partial charge >= 0.3 is 0 Å². The molecule has 4 aliphatic rings. The van der Waals surface area contributed by atoms with Gasteiger partial charge in [0.2, 0.25) is 0 Å². The molecule has 1 heteroatoms. The molecule has 70 heavy (non-hydrogen) atoms. The fourth-order valence-corrected chi connectivity index (χ4v) is 12.7. The van der Waals surface area contributed by atoms with E-state index in [0.29, 0.717) is 10.8 Å². The largest absolute Gasteiger partial charge is 0.393 e. The lowest BCUT2D eigenvalue weighted by molar-refractivity contribution is -0.0575. The molecule has 0 unspecified atom stereocenters. The molecule has 0 aromatic rings. The molecule has 4 aliphatic carbocycles. The van der Waals surface area contributed by atoms with E-state index in [1.54, 1.807) is 5.57 Å². The summed E-state index contributed by atoms with van der Waals surface area (Å²) in [5.74, 6) is 6.31. The predicted octanol–water partition coefficient (Wildman–Crippen LogP) is 21.0. The van der Waals surface area contributed by atoms with Crippen LogP contribution in [0, 0.1) is 52.3 Å². The Morgan fingerprint density at radius 3 is 1.56 bits per heavy atom. The van der Waals surface area contributed by atoms with Crippen molar-refractivity contribution in [3.8, 4) is 0 Å². The average molecular weight is 952 g/mol. The molecule has 0 aromatic carbocycles. The van der Waals surface area contributed by atoms with Crippen LogP contribution < -0.4 is 0 Å². The summed E-state index contributed by atoms with van der Waals surface area (Å²) in [7, 11) is 0. The molecular weight excluding hydrogens is 845 g/mol. The molecule has 0 bridgehead atoms. The normalized spacial score (nSPS) is 28.0. The first-order valence-electron chi connectivity index (χ1n) is 28.2. The van der Waals surface area contributed by atoms with E-state index in [2.05, 4.69) is 226 Å². The molecule has 9 atom stereocenters. The van der Waals surface area contributed by atoms with Gasteiger partial charge in [-0.25, -0.2) is 0 Å². The van der Waals surface area contributed by atoms with Gasteiger partial charge in [-0.2, -0.15) is 0 Å². The van der Waals surface area contributed by atoms with Crippen LogP contribution in [-0.2, 0) is 0 Å². The minimum atomic E-state index is -0.0794. The minimum absolute atomic E-state index is 0.0794. The van der Waals surface area contributed by atoms with E-state index in [1.165, 1.54) is 102 Å². The van der Waals surface area contributed by atoms with Gasteiger partial charge < -0.3 is 5.11 Å². The fraction of sp³-hybridized carbons (Fsp3) is 0.594. The average Bonchev–Trinajstić information content (AvgIpc) is 3.65. The van der Waals surface area contributed by atoms with E-state index >= 15 is 0 Å². The quantitative estimate of drug-likeness (QED) is 0.0847. The molecule has 0 spiro atoms. The number of hydrogen-bond donors (Lipinski definition) is 1. The van der Waals surface area contributed by atoms with Gasteiger partial charge in [-0.15, -0.1) is 0 Å². The maximum atomic E-state index is 10.2. The molecule has 0 radical (unpaired) electrons. The number of aliphatic hydroxyl groups is 1. The third-order valence-corrected chi connectivity index (χ3v) is 17.2. The summed E-state index contributed by atoms with van der Waals surface area (Å²) >= 11 is 0. The van der Waals surface area contributed by atoms with E-state index in [1.807, 2.05) is 0 Å². The van der Waals surface area contributed by atoms with Crippen LogP contribution in [0.2, 0.25) is 0 Å². The monoisotopic (exact) mass is 951 g/mol. The van der Waals surface area contributed by atoms with Gasteiger partial charge in [-0.1, -0.05) is 220 Å². The molecule has 1 nitrogen and oxygen atoms in total. The first-order chi connectivity index (χ1) is 33.2. The molecule has 0 amide bonds. The Morgan fingerprint density at radius 1 is 0.600 bits per heavy atom. The standard InChI is InChI=1S/C40H56.C29H50O/c1-33(2)19-13-23-37(7)27-17-31-39(9)29-15-25-35(5)21-11-12-22-36(6)26-16-30-40(10)32-18-28-38(8)24-14-20-34(3)4;1-7-21(19(2)3)9-8-20(4)25-12-13-26-24-11-10-22-18-23(30)14-16-28(22,5)27(24)15-17-29(25,26)6/h11-12,15-22,25-32H,13-14,23-24H2,1-10H3;10,19-21,23-27,30H,7-9,11-18H2,1-6H3/b12-11+,25-15+,26-16+,31-17+,32-18+,35-21+,36-22+,37-27+,38-28+,39-29+,40-30+;/t;20-,21-,23+,24+,25-,26+,27+,28+,29-/m.1/s1. The third kappa shape index (κ3) is 20.4. The highest BCUT2D eigenvalue weighted by Gasteiger charge is 2.59. The number of fused-ring (bicyclic) bond motifs is 5. The molecule has 4 rings (SSSR count). The smallest absolute Gasteiger partial charge is 0.0577 e. The Hall–Kier alpha value is -3.68. The van der Waals surface area contributed by atoms with Crippen LogP contribution in [0.1, 0.15) is 207 Å². The van der Waals surface area contributed by atoms with Gasteiger partial charge in [0, 0.05) is 0 Å². The van der Waals surface area contributed by atoms with E-state index in [0.717, 1.165) is 80.0 Å². The summed E-state index contributed by atoms with van der Waals surface area (Å²) in [6.45, 7) is 36.6. The molecule has 0 aliphatic heterocycles. The van der Waals surface area contributed by atoms with Crippen molar-refractivity contribution in [2.75, 3.05) is 0 Å². The molecule has 388 valence electrons. The highest BCUT2D eigenvalue weighted by Crippen LogP contribution is 2.67. The van der Waals surface area contributed by atoms with Crippen LogP contribution in [0.25, 0.3) is 0 Å². The molecular formula is C69H106O. The molecule has 0 saturated heterocycles. The van der Waals surface area contributed by atoms with Gasteiger partial charge in [0.1, 0.15) is 0 Å².